The molecule has 0 saturated heterocycles. The Kier molecular flexibility index (Phi) is 1.63. The Bertz CT molecular complexity index is 554. The number of rotatable bonds is 1. The van der Waals surface area contributed by atoms with Crippen molar-refractivity contribution in [3.05, 3.63) is 35.0 Å². The fourth-order valence-corrected chi connectivity index (χ4v) is 2.45. The van der Waals surface area contributed by atoms with Gasteiger partial charge in [-0.3, -0.25) is 0 Å². The van der Waals surface area contributed by atoms with E-state index in [4.69, 9.17) is 5.11 Å². The summed E-state index contributed by atoms with van der Waals surface area (Å²) in [5.41, 5.74) is 3.70. The van der Waals surface area contributed by atoms with E-state index in [1.807, 2.05) is 12.1 Å². The maximum absolute atomic E-state index is 11.0. The van der Waals surface area contributed by atoms with Gasteiger partial charge in [0.2, 0.25) is 0 Å². The number of hydrogen-bond donors (Lipinski definition) is 2. The van der Waals surface area contributed by atoms with Crippen molar-refractivity contribution in [1.29, 1.82) is 0 Å². The zero-order chi connectivity index (χ0) is 10.4. The second-order valence-corrected chi connectivity index (χ2v) is 3.97. The van der Waals surface area contributed by atoms with Gasteiger partial charge in [-0.05, 0) is 30.9 Å². The average molecular weight is 201 g/mol. The monoisotopic (exact) mass is 201 g/mol. The molecule has 3 heteroatoms. The van der Waals surface area contributed by atoms with E-state index < -0.39 is 5.97 Å². The van der Waals surface area contributed by atoms with E-state index in [0.29, 0.717) is 5.56 Å². The first-order valence-corrected chi connectivity index (χ1v) is 5.13. The SMILES string of the molecule is O=C(O)c1cccc2c3c([nH]c12)CCC3. The molecule has 15 heavy (non-hydrogen) atoms. The lowest BCUT2D eigenvalue weighted by Gasteiger charge is -1.98. The van der Waals surface area contributed by atoms with E-state index in [-0.39, 0.29) is 0 Å². The molecule has 2 N–H and O–H groups in total. The van der Waals surface area contributed by atoms with Crippen molar-refractivity contribution in [2.45, 2.75) is 19.3 Å². The zero-order valence-electron chi connectivity index (χ0n) is 8.21. The van der Waals surface area contributed by atoms with Crippen LogP contribution in [-0.4, -0.2) is 16.1 Å². The van der Waals surface area contributed by atoms with Gasteiger partial charge < -0.3 is 10.1 Å². The molecule has 0 atom stereocenters. The van der Waals surface area contributed by atoms with Crippen LogP contribution in [0.4, 0.5) is 0 Å². The molecule has 0 unspecified atom stereocenters. The molecular weight excluding hydrogens is 190 g/mol. The second kappa shape index (κ2) is 2.86. The van der Waals surface area contributed by atoms with Gasteiger partial charge in [-0.25, -0.2) is 4.79 Å². The number of aromatic carboxylic acids is 1. The molecule has 0 saturated carbocycles. The summed E-state index contributed by atoms with van der Waals surface area (Å²) in [4.78, 5) is 14.3. The molecule has 0 amide bonds. The van der Waals surface area contributed by atoms with Crippen LogP contribution in [0.3, 0.4) is 0 Å². The molecule has 1 heterocycles. The van der Waals surface area contributed by atoms with E-state index in [2.05, 4.69) is 4.98 Å². The summed E-state index contributed by atoms with van der Waals surface area (Å²) in [6.45, 7) is 0. The molecule has 76 valence electrons. The van der Waals surface area contributed by atoms with Crippen molar-refractivity contribution in [1.82, 2.24) is 4.98 Å². The van der Waals surface area contributed by atoms with Crippen LogP contribution in [0.1, 0.15) is 28.0 Å². The number of H-pyrrole nitrogens is 1. The van der Waals surface area contributed by atoms with Crippen molar-refractivity contribution in [2.24, 2.45) is 0 Å². The number of aryl methyl sites for hydroxylation is 2. The van der Waals surface area contributed by atoms with Crippen LogP contribution in [0.25, 0.3) is 10.9 Å². The van der Waals surface area contributed by atoms with Gasteiger partial charge in [-0.2, -0.15) is 0 Å². The lowest BCUT2D eigenvalue weighted by molar-refractivity contribution is 0.0699. The fourth-order valence-electron chi connectivity index (χ4n) is 2.45. The third kappa shape index (κ3) is 1.09. The van der Waals surface area contributed by atoms with Crippen molar-refractivity contribution < 1.29 is 9.90 Å². The molecule has 1 aliphatic rings. The minimum Gasteiger partial charge on any atom is -0.478 e. The first kappa shape index (κ1) is 8.53. The van der Waals surface area contributed by atoms with Crippen molar-refractivity contribution in [3.8, 4) is 0 Å². The summed E-state index contributed by atoms with van der Waals surface area (Å²) in [6.07, 6.45) is 3.29. The number of fused-ring (bicyclic) bond motifs is 3. The van der Waals surface area contributed by atoms with Crippen LogP contribution in [0.5, 0.6) is 0 Å². The summed E-state index contributed by atoms with van der Waals surface area (Å²) in [5.74, 6) is -0.861. The minimum absolute atomic E-state index is 0.377. The number of para-hydroxylation sites is 1. The number of carbonyl (C=O) groups is 1. The Morgan fingerprint density at radius 2 is 2.20 bits per heavy atom. The molecule has 1 aromatic carbocycles. The summed E-state index contributed by atoms with van der Waals surface area (Å²) in [7, 11) is 0. The quantitative estimate of drug-likeness (QED) is 0.744. The number of aromatic amines is 1. The average Bonchev–Trinajstić information content (AvgIpc) is 2.75. The van der Waals surface area contributed by atoms with Crippen LogP contribution in [-0.2, 0) is 12.8 Å². The van der Waals surface area contributed by atoms with Crippen LogP contribution in [0.15, 0.2) is 18.2 Å². The van der Waals surface area contributed by atoms with Gasteiger partial charge in [0, 0.05) is 11.1 Å². The first-order chi connectivity index (χ1) is 7.27. The summed E-state index contributed by atoms with van der Waals surface area (Å²) in [5, 5.41) is 10.1. The van der Waals surface area contributed by atoms with Gasteiger partial charge in [0.05, 0.1) is 11.1 Å². The van der Waals surface area contributed by atoms with E-state index in [1.165, 1.54) is 17.7 Å². The molecular formula is C12H11NO2. The van der Waals surface area contributed by atoms with Gasteiger partial charge >= 0.3 is 5.97 Å². The summed E-state index contributed by atoms with van der Waals surface area (Å²) < 4.78 is 0. The zero-order valence-corrected chi connectivity index (χ0v) is 8.21. The van der Waals surface area contributed by atoms with E-state index in [1.54, 1.807) is 6.07 Å². The lowest BCUT2D eigenvalue weighted by atomic mass is 10.1. The smallest absolute Gasteiger partial charge is 0.337 e. The molecule has 1 aromatic heterocycles. The van der Waals surface area contributed by atoms with Crippen LogP contribution in [0.2, 0.25) is 0 Å². The standard InChI is InChI=1S/C12H11NO2/c14-12(15)9-5-1-4-8-7-3-2-6-10(7)13-11(8)9/h1,4-5,13H,2-3,6H2,(H,14,15). The summed E-state index contributed by atoms with van der Waals surface area (Å²) in [6, 6.07) is 5.47. The largest absolute Gasteiger partial charge is 0.478 e. The number of nitrogens with one attached hydrogen (secondary N) is 1. The van der Waals surface area contributed by atoms with Gasteiger partial charge in [0.25, 0.3) is 0 Å². The Morgan fingerprint density at radius 1 is 1.33 bits per heavy atom. The highest BCUT2D eigenvalue weighted by atomic mass is 16.4. The number of aromatic nitrogens is 1. The third-order valence-electron chi connectivity index (χ3n) is 3.11. The molecule has 0 spiro atoms. The number of carboxylic acids is 1. The van der Waals surface area contributed by atoms with Gasteiger partial charge in [-0.15, -0.1) is 0 Å². The minimum atomic E-state index is -0.861. The van der Waals surface area contributed by atoms with Crippen LogP contribution < -0.4 is 0 Å². The van der Waals surface area contributed by atoms with E-state index in [9.17, 15) is 4.79 Å². The lowest BCUT2D eigenvalue weighted by Crippen LogP contribution is -1.97. The molecule has 1 aliphatic carbocycles. The second-order valence-electron chi connectivity index (χ2n) is 3.97. The van der Waals surface area contributed by atoms with Crippen molar-refractivity contribution in [2.75, 3.05) is 0 Å². The first-order valence-electron chi connectivity index (χ1n) is 5.13. The number of carboxylic acid groups (broad SMARTS) is 1. The molecule has 3 nitrogen and oxygen atoms in total. The number of benzene rings is 1. The Morgan fingerprint density at radius 3 is 3.00 bits per heavy atom. The maximum atomic E-state index is 11.0. The van der Waals surface area contributed by atoms with Crippen molar-refractivity contribution >= 4 is 16.9 Å². The highest BCUT2D eigenvalue weighted by molar-refractivity contribution is 6.03. The van der Waals surface area contributed by atoms with E-state index >= 15 is 0 Å². The molecule has 0 radical (unpaired) electrons. The molecule has 0 fully saturated rings. The Balaban J connectivity index is 2.37. The molecule has 3 rings (SSSR count). The van der Waals surface area contributed by atoms with Crippen LogP contribution >= 0.6 is 0 Å². The Labute approximate surface area is 86.7 Å². The Hall–Kier alpha value is -1.77. The fraction of sp³-hybridized carbons (Fsp3) is 0.250. The highest BCUT2D eigenvalue weighted by Crippen LogP contribution is 2.31. The third-order valence-corrected chi connectivity index (χ3v) is 3.11. The van der Waals surface area contributed by atoms with Gasteiger partial charge in [-0.1, -0.05) is 12.1 Å². The van der Waals surface area contributed by atoms with Crippen molar-refractivity contribution in [3.63, 3.8) is 0 Å². The molecule has 2 aromatic rings. The predicted octanol–water partition coefficient (Wildman–Crippen LogP) is 2.35. The highest BCUT2D eigenvalue weighted by Gasteiger charge is 2.19. The topological polar surface area (TPSA) is 53.1 Å². The normalized spacial score (nSPS) is 14.4. The summed E-state index contributed by atoms with van der Waals surface area (Å²) >= 11 is 0. The number of hydrogen-bond acceptors (Lipinski definition) is 1. The van der Waals surface area contributed by atoms with Gasteiger partial charge in [0.1, 0.15) is 0 Å². The van der Waals surface area contributed by atoms with Gasteiger partial charge in [0.15, 0.2) is 0 Å². The predicted molar refractivity (Wildman–Crippen MR) is 57.3 cm³/mol. The maximum Gasteiger partial charge on any atom is 0.337 e. The molecule has 0 bridgehead atoms. The molecule has 0 aliphatic heterocycles. The van der Waals surface area contributed by atoms with E-state index in [0.717, 1.165) is 23.7 Å². The van der Waals surface area contributed by atoms with Crippen LogP contribution in [0, 0.1) is 0 Å².